The molecule has 0 aliphatic carbocycles. The van der Waals surface area contributed by atoms with Crippen molar-refractivity contribution in [3.05, 3.63) is 72.4 Å². The number of hydrogen-bond acceptors (Lipinski definition) is 6. The van der Waals surface area contributed by atoms with Crippen LogP contribution in [0.4, 0.5) is 17.3 Å². The Hall–Kier alpha value is -3.90. The van der Waals surface area contributed by atoms with Gasteiger partial charge in [0, 0.05) is 17.4 Å². The number of anilines is 3. The third kappa shape index (κ3) is 4.17. The molecule has 0 atom stereocenters. The van der Waals surface area contributed by atoms with Gasteiger partial charge in [-0.2, -0.15) is 10.2 Å². The van der Waals surface area contributed by atoms with Crippen LogP contribution in [0.5, 0.6) is 0 Å². The van der Waals surface area contributed by atoms with Gasteiger partial charge < -0.3 is 5.32 Å². The molecule has 0 bridgehead atoms. The number of nitriles is 1. The molecule has 4 aromatic rings. The molecule has 0 aliphatic heterocycles. The predicted molar refractivity (Wildman–Crippen MR) is 111 cm³/mol. The Morgan fingerprint density at radius 1 is 1.03 bits per heavy atom. The molecule has 29 heavy (non-hydrogen) atoms. The summed E-state index contributed by atoms with van der Waals surface area (Å²) in [5.74, 6) is 0.373. The second-order valence-corrected chi connectivity index (χ2v) is 8.14. The van der Waals surface area contributed by atoms with Crippen molar-refractivity contribution in [3.8, 4) is 17.2 Å². The van der Waals surface area contributed by atoms with Crippen molar-refractivity contribution in [1.29, 1.82) is 5.26 Å². The fourth-order valence-corrected chi connectivity index (χ4v) is 3.45. The van der Waals surface area contributed by atoms with E-state index in [4.69, 9.17) is 0 Å². The molecule has 0 saturated carbocycles. The fraction of sp³-hybridized carbons (Fsp3) is 0.0500. The topological polar surface area (TPSA) is 112 Å². The van der Waals surface area contributed by atoms with Crippen LogP contribution in [-0.2, 0) is 10.0 Å². The summed E-state index contributed by atoms with van der Waals surface area (Å²) in [7, 11) is -3.35. The molecule has 2 heterocycles. The van der Waals surface area contributed by atoms with Gasteiger partial charge in [0.25, 0.3) is 0 Å². The van der Waals surface area contributed by atoms with Crippen LogP contribution in [0.1, 0.15) is 5.56 Å². The molecule has 2 aromatic carbocycles. The minimum atomic E-state index is -3.35. The van der Waals surface area contributed by atoms with Gasteiger partial charge in [0.05, 0.1) is 17.5 Å². The highest BCUT2D eigenvalue weighted by atomic mass is 32.2. The second-order valence-electron chi connectivity index (χ2n) is 6.39. The van der Waals surface area contributed by atoms with E-state index in [9.17, 15) is 13.7 Å². The van der Waals surface area contributed by atoms with E-state index in [2.05, 4.69) is 26.2 Å². The van der Waals surface area contributed by atoms with Gasteiger partial charge in [-0.05, 0) is 42.0 Å². The average molecular weight is 404 g/mol. The molecule has 2 N–H and O–H groups in total. The number of nitrogens with zero attached hydrogens (tertiary/aromatic N) is 4. The maximum absolute atomic E-state index is 11.5. The van der Waals surface area contributed by atoms with Gasteiger partial charge in [-0.15, -0.1) is 5.10 Å². The van der Waals surface area contributed by atoms with Crippen molar-refractivity contribution in [2.45, 2.75) is 0 Å². The van der Waals surface area contributed by atoms with E-state index < -0.39 is 10.0 Å². The van der Waals surface area contributed by atoms with E-state index >= 15 is 0 Å². The van der Waals surface area contributed by atoms with Crippen LogP contribution in [0, 0.1) is 11.3 Å². The van der Waals surface area contributed by atoms with Crippen LogP contribution in [0.2, 0.25) is 0 Å². The van der Waals surface area contributed by atoms with Crippen LogP contribution in [0.3, 0.4) is 0 Å². The summed E-state index contributed by atoms with van der Waals surface area (Å²) < 4.78 is 27.0. The van der Waals surface area contributed by atoms with Gasteiger partial charge in [-0.25, -0.2) is 12.9 Å². The Labute approximate surface area is 167 Å². The third-order valence-corrected chi connectivity index (χ3v) is 4.73. The average Bonchev–Trinajstić information content (AvgIpc) is 3.08. The molecule has 0 aliphatic rings. The lowest BCUT2D eigenvalue weighted by molar-refractivity contribution is 0.607. The van der Waals surface area contributed by atoms with E-state index in [-0.39, 0.29) is 0 Å². The van der Waals surface area contributed by atoms with Gasteiger partial charge in [-0.3, -0.25) is 4.72 Å². The molecule has 2 aromatic heterocycles. The summed E-state index contributed by atoms with van der Waals surface area (Å²) in [5, 5.41) is 16.7. The van der Waals surface area contributed by atoms with E-state index in [1.54, 1.807) is 40.9 Å². The fourth-order valence-electron chi connectivity index (χ4n) is 2.89. The minimum Gasteiger partial charge on any atom is -0.322 e. The zero-order chi connectivity index (χ0) is 20.4. The Morgan fingerprint density at radius 2 is 1.86 bits per heavy atom. The Bertz CT molecular complexity index is 1350. The molecule has 8 nitrogen and oxygen atoms in total. The number of benzene rings is 2. The molecule has 0 saturated heterocycles. The van der Waals surface area contributed by atoms with Crippen molar-refractivity contribution in [3.63, 3.8) is 0 Å². The van der Waals surface area contributed by atoms with E-state index in [1.165, 1.54) is 0 Å². The first-order valence-corrected chi connectivity index (χ1v) is 10.5. The number of hydrogen-bond donors (Lipinski definition) is 2. The summed E-state index contributed by atoms with van der Waals surface area (Å²) in [5.41, 5.74) is 3.94. The zero-order valence-electron chi connectivity index (χ0n) is 15.4. The molecule has 144 valence electrons. The molecule has 4 rings (SSSR count). The molecule has 0 radical (unpaired) electrons. The minimum absolute atomic E-state index is 0.373. The number of fused-ring (bicyclic) bond motifs is 1. The molecule has 0 spiro atoms. The molecular formula is C20H16N6O2S. The summed E-state index contributed by atoms with van der Waals surface area (Å²) in [4.78, 5) is 4.42. The highest BCUT2D eigenvalue weighted by molar-refractivity contribution is 7.92. The standard InChI is InChI=1S/C20H16N6O2S/c1-29(27,28)25-17-7-4-6-14(11-17)16-9-10-19-23-20(24-26(19)13-16)22-18-8-3-2-5-15(18)12-21/h2-11,13,25H,1H3,(H,22,24). The first-order chi connectivity index (χ1) is 13.9. The zero-order valence-corrected chi connectivity index (χ0v) is 16.2. The summed E-state index contributed by atoms with van der Waals surface area (Å²) in [6.07, 6.45) is 2.92. The van der Waals surface area contributed by atoms with E-state index in [0.29, 0.717) is 28.5 Å². The number of pyridine rings is 1. The molecule has 9 heteroatoms. The second kappa shape index (κ2) is 7.26. The van der Waals surface area contributed by atoms with Crippen LogP contribution in [-0.4, -0.2) is 29.3 Å². The van der Waals surface area contributed by atoms with Crippen molar-refractivity contribution in [2.75, 3.05) is 16.3 Å². The summed E-state index contributed by atoms with van der Waals surface area (Å²) in [6.45, 7) is 0. The summed E-state index contributed by atoms with van der Waals surface area (Å²) in [6, 6.07) is 20.1. The number of aromatic nitrogens is 3. The Kier molecular flexibility index (Phi) is 4.62. The van der Waals surface area contributed by atoms with E-state index in [1.807, 2.05) is 30.5 Å². The SMILES string of the molecule is CS(=O)(=O)Nc1cccc(-c2ccc3nc(Nc4ccccc4C#N)nn3c2)c1. The summed E-state index contributed by atoms with van der Waals surface area (Å²) >= 11 is 0. The monoisotopic (exact) mass is 404 g/mol. The van der Waals surface area contributed by atoms with Gasteiger partial charge >= 0.3 is 0 Å². The van der Waals surface area contributed by atoms with Crippen molar-refractivity contribution >= 4 is 33.0 Å². The number of nitrogens with one attached hydrogen (secondary N) is 2. The normalized spacial score (nSPS) is 11.2. The molecule has 0 fully saturated rings. The van der Waals surface area contributed by atoms with Gasteiger partial charge in [0.15, 0.2) is 5.65 Å². The largest absolute Gasteiger partial charge is 0.322 e. The lowest BCUT2D eigenvalue weighted by Crippen LogP contribution is -2.09. The smallest absolute Gasteiger partial charge is 0.247 e. The van der Waals surface area contributed by atoms with E-state index in [0.717, 1.165) is 17.4 Å². The van der Waals surface area contributed by atoms with Crippen LogP contribution in [0.25, 0.3) is 16.8 Å². The van der Waals surface area contributed by atoms with Crippen molar-refractivity contribution in [1.82, 2.24) is 14.6 Å². The maximum Gasteiger partial charge on any atom is 0.247 e. The molecule has 0 amide bonds. The van der Waals surface area contributed by atoms with Gasteiger partial charge in [0.1, 0.15) is 6.07 Å². The first kappa shape index (κ1) is 18.5. The van der Waals surface area contributed by atoms with Crippen LogP contribution >= 0.6 is 0 Å². The quantitative estimate of drug-likeness (QED) is 0.527. The third-order valence-electron chi connectivity index (χ3n) is 4.12. The lowest BCUT2D eigenvalue weighted by Gasteiger charge is -2.07. The Balaban J connectivity index is 1.66. The Morgan fingerprint density at radius 3 is 2.66 bits per heavy atom. The number of para-hydroxylation sites is 1. The first-order valence-electron chi connectivity index (χ1n) is 8.62. The van der Waals surface area contributed by atoms with Gasteiger partial charge in [0.2, 0.25) is 16.0 Å². The number of rotatable bonds is 5. The molecular weight excluding hydrogens is 388 g/mol. The van der Waals surface area contributed by atoms with Crippen LogP contribution < -0.4 is 10.0 Å². The van der Waals surface area contributed by atoms with Crippen molar-refractivity contribution in [2.24, 2.45) is 0 Å². The van der Waals surface area contributed by atoms with Crippen LogP contribution in [0.15, 0.2) is 66.9 Å². The van der Waals surface area contributed by atoms with Crippen molar-refractivity contribution < 1.29 is 8.42 Å². The number of sulfonamides is 1. The van der Waals surface area contributed by atoms with Gasteiger partial charge in [-0.1, -0.05) is 24.3 Å². The highest BCUT2D eigenvalue weighted by Crippen LogP contribution is 2.24. The molecule has 0 unspecified atom stereocenters. The lowest BCUT2D eigenvalue weighted by atomic mass is 10.1. The predicted octanol–water partition coefficient (Wildman–Crippen LogP) is 3.38. The maximum atomic E-state index is 11.5. The highest BCUT2D eigenvalue weighted by Gasteiger charge is 2.09.